The van der Waals surface area contributed by atoms with E-state index >= 15 is 0 Å². The first kappa shape index (κ1) is 9.42. The molecule has 0 aliphatic carbocycles. The van der Waals surface area contributed by atoms with Crippen molar-refractivity contribution in [3.8, 4) is 0 Å². The predicted octanol–water partition coefficient (Wildman–Crippen LogP) is 3.16. The van der Waals surface area contributed by atoms with Crippen LogP contribution in [-0.2, 0) is 6.42 Å². The van der Waals surface area contributed by atoms with Gasteiger partial charge in [0.05, 0.1) is 5.69 Å². The fourth-order valence-electron chi connectivity index (χ4n) is 1.22. The van der Waals surface area contributed by atoms with Crippen molar-refractivity contribution in [1.29, 1.82) is 0 Å². The zero-order valence-electron chi connectivity index (χ0n) is 7.57. The van der Waals surface area contributed by atoms with Crippen molar-refractivity contribution in [3.63, 3.8) is 0 Å². The van der Waals surface area contributed by atoms with Gasteiger partial charge in [0.15, 0.2) is 0 Å². The van der Waals surface area contributed by atoms with Crippen molar-refractivity contribution < 1.29 is 0 Å². The minimum absolute atomic E-state index is 0.522. The molecule has 4 nitrogen and oxygen atoms in total. The van der Waals surface area contributed by atoms with Crippen molar-refractivity contribution in [2.45, 2.75) is 19.8 Å². The summed E-state index contributed by atoms with van der Waals surface area (Å²) in [6.45, 7) is 2.08. The highest BCUT2D eigenvalue weighted by Crippen LogP contribution is 2.26. The van der Waals surface area contributed by atoms with Gasteiger partial charge in [0, 0.05) is 10.6 Å². The highest BCUT2D eigenvalue weighted by Gasteiger charge is 2.01. The monoisotopic (exact) mass is 176 g/mol. The molecule has 0 aromatic heterocycles. The maximum absolute atomic E-state index is 8.27. The number of anilines is 1. The molecule has 0 aliphatic heterocycles. The third-order valence-corrected chi connectivity index (χ3v) is 1.85. The number of para-hydroxylation sites is 1. The van der Waals surface area contributed by atoms with E-state index in [9.17, 15) is 0 Å². The highest BCUT2D eigenvalue weighted by atomic mass is 15.1. The van der Waals surface area contributed by atoms with Gasteiger partial charge in [-0.15, -0.1) is 0 Å². The minimum atomic E-state index is 0.522. The zero-order valence-corrected chi connectivity index (χ0v) is 7.57. The van der Waals surface area contributed by atoms with Gasteiger partial charge in [-0.25, -0.2) is 0 Å². The lowest BCUT2D eigenvalue weighted by atomic mass is 10.1. The van der Waals surface area contributed by atoms with Gasteiger partial charge < -0.3 is 5.73 Å². The normalized spacial score (nSPS) is 9.31. The topological polar surface area (TPSA) is 74.8 Å². The molecule has 0 radical (unpaired) electrons. The van der Waals surface area contributed by atoms with Gasteiger partial charge >= 0.3 is 0 Å². The van der Waals surface area contributed by atoms with E-state index in [0.717, 1.165) is 18.4 Å². The van der Waals surface area contributed by atoms with Gasteiger partial charge in [-0.1, -0.05) is 36.7 Å². The molecule has 4 heteroatoms. The fraction of sp³-hybridized carbons (Fsp3) is 0.333. The average molecular weight is 176 g/mol. The van der Waals surface area contributed by atoms with Gasteiger partial charge in [0.2, 0.25) is 0 Å². The molecular weight excluding hydrogens is 164 g/mol. The first-order valence-electron chi connectivity index (χ1n) is 4.22. The lowest BCUT2D eigenvalue weighted by molar-refractivity contribution is 0.924. The van der Waals surface area contributed by atoms with Crippen LogP contribution in [0.25, 0.3) is 10.4 Å². The molecule has 0 unspecified atom stereocenters. The summed E-state index contributed by atoms with van der Waals surface area (Å²) in [5, 5.41) is 3.50. The molecule has 68 valence electrons. The Morgan fingerprint density at radius 2 is 2.31 bits per heavy atom. The van der Waals surface area contributed by atoms with Crippen LogP contribution in [-0.4, -0.2) is 0 Å². The molecule has 0 spiro atoms. The van der Waals surface area contributed by atoms with Crippen molar-refractivity contribution in [2.24, 2.45) is 5.11 Å². The fourth-order valence-corrected chi connectivity index (χ4v) is 1.22. The van der Waals surface area contributed by atoms with Crippen molar-refractivity contribution in [2.75, 3.05) is 5.73 Å². The third-order valence-electron chi connectivity index (χ3n) is 1.85. The average Bonchev–Trinajstić information content (AvgIpc) is 2.13. The van der Waals surface area contributed by atoms with Crippen LogP contribution in [0.4, 0.5) is 11.4 Å². The maximum Gasteiger partial charge on any atom is 0.0607 e. The van der Waals surface area contributed by atoms with Crippen molar-refractivity contribution in [3.05, 3.63) is 34.2 Å². The van der Waals surface area contributed by atoms with Crippen LogP contribution in [0.15, 0.2) is 23.3 Å². The SMILES string of the molecule is CCCc1cccc(N=[N+]=[N-])c1N. The van der Waals surface area contributed by atoms with Crippen LogP contribution in [0.5, 0.6) is 0 Å². The molecule has 1 aromatic rings. The number of azide groups is 1. The molecule has 2 N–H and O–H groups in total. The van der Waals surface area contributed by atoms with Crippen molar-refractivity contribution in [1.82, 2.24) is 0 Å². The summed E-state index contributed by atoms with van der Waals surface area (Å²) in [6.07, 6.45) is 1.95. The second kappa shape index (κ2) is 4.38. The van der Waals surface area contributed by atoms with Gasteiger partial charge in [0.25, 0.3) is 0 Å². The summed E-state index contributed by atoms with van der Waals surface area (Å²) >= 11 is 0. The van der Waals surface area contributed by atoms with Crippen LogP contribution in [0.3, 0.4) is 0 Å². The summed E-state index contributed by atoms with van der Waals surface area (Å²) in [7, 11) is 0. The lowest BCUT2D eigenvalue weighted by Crippen LogP contribution is -1.93. The minimum Gasteiger partial charge on any atom is -0.398 e. The van der Waals surface area contributed by atoms with E-state index in [-0.39, 0.29) is 0 Å². The summed E-state index contributed by atoms with van der Waals surface area (Å²) in [4.78, 5) is 2.71. The first-order chi connectivity index (χ1) is 6.29. The zero-order chi connectivity index (χ0) is 9.68. The van der Waals surface area contributed by atoms with Crippen LogP contribution in [0.1, 0.15) is 18.9 Å². The maximum atomic E-state index is 8.27. The Morgan fingerprint density at radius 3 is 2.92 bits per heavy atom. The Hall–Kier alpha value is -1.67. The van der Waals surface area contributed by atoms with E-state index in [1.807, 2.05) is 12.1 Å². The summed E-state index contributed by atoms with van der Waals surface area (Å²) in [5.41, 5.74) is 16.2. The molecule has 0 saturated carbocycles. The Kier molecular flexibility index (Phi) is 3.17. The summed E-state index contributed by atoms with van der Waals surface area (Å²) in [5.74, 6) is 0. The van der Waals surface area contributed by atoms with Crippen molar-refractivity contribution >= 4 is 11.4 Å². The van der Waals surface area contributed by atoms with E-state index < -0.39 is 0 Å². The van der Waals surface area contributed by atoms with Gasteiger partial charge in [0.1, 0.15) is 0 Å². The third kappa shape index (κ3) is 2.13. The molecule has 13 heavy (non-hydrogen) atoms. The van der Waals surface area contributed by atoms with E-state index in [2.05, 4.69) is 16.9 Å². The quantitative estimate of drug-likeness (QED) is 0.326. The molecule has 0 amide bonds. The molecule has 0 atom stereocenters. The molecule has 0 saturated heterocycles. The second-order valence-corrected chi connectivity index (χ2v) is 2.79. The van der Waals surface area contributed by atoms with E-state index in [4.69, 9.17) is 11.3 Å². The number of nitrogens with two attached hydrogens (primary N) is 1. The highest BCUT2D eigenvalue weighted by molar-refractivity contribution is 5.66. The second-order valence-electron chi connectivity index (χ2n) is 2.79. The number of hydrogen-bond donors (Lipinski definition) is 1. The van der Waals surface area contributed by atoms with Gasteiger partial charge in [-0.2, -0.15) is 0 Å². The summed E-state index contributed by atoms with van der Waals surface area (Å²) in [6, 6.07) is 5.52. The molecular formula is C9H12N4. The Balaban J connectivity index is 3.10. The number of nitrogen functional groups attached to an aromatic ring is 1. The van der Waals surface area contributed by atoms with E-state index in [0.29, 0.717) is 11.4 Å². The number of hydrogen-bond acceptors (Lipinski definition) is 2. The molecule has 0 bridgehead atoms. The Morgan fingerprint density at radius 1 is 1.54 bits per heavy atom. The molecule has 0 aliphatic rings. The van der Waals surface area contributed by atoms with Gasteiger partial charge in [-0.05, 0) is 17.5 Å². The Bertz CT molecular complexity index is 339. The first-order valence-corrected chi connectivity index (χ1v) is 4.22. The van der Waals surface area contributed by atoms with Crippen LogP contribution >= 0.6 is 0 Å². The predicted molar refractivity (Wildman–Crippen MR) is 53.7 cm³/mol. The van der Waals surface area contributed by atoms with Crippen LogP contribution in [0.2, 0.25) is 0 Å². The number of aryl methyl sites for hydroxylation is 1. The molecule has 1 aromatic carbocycles. The number of rotatable bonds is 3. The standard InChI is InChI=1S/C9H12N4/c1-2-4-7-5-3-6-8(9(7)10)12-13-11/h3,5-6H,2,4,10H2,1H3. The lowest BCUT2D eigenvalue weighted by Gasteiger charge is -2.05. The largest absolute Gasteiger partial charge is 0.398 e. The number of nitrogens with zero attached hydrogens (tertiary/aromatic N) is 3. The van der Waals surface area contributed by atoms with E-state index in [1.165, 1.54) is 0 Å². The molecule has 1 rings (SSSR count). The smallest absolute Gasteiger partial charge is 0.0607 e. The molecule has 0 heterocycles. The number of benzene rings is 1. The molecule has 0 fully saturated rings. The van der Waals surface area contributed by atoms with Gasteiger partial charge in [-0.3, -0.25) is 0 Å². The Labute approximate surface area is 77.0 Å². The summed E-state index contributed by atoms with van der Waals surface area (Å²) < 4.78 is 0. The van der Waals surface area contributed by atoms with Crippen LogP contribution in [0, 0.1) is 0 Å². The van der Waals surface area contributed by atoms with Crippen LogP contribution < -0.4 is 5.73 Å². The van der Waals surface area contributed by atoms with E-state index in [1.54, 1.807) is 6.07 Å².